The van der Waals surface area contributed by atoms with Gasteiger partial charge in [0.1, 0.15) is 13.1 Å². The lowest BCUT2D eigenvalue weighted by atomic mass is 10.1. The van der Waals surface area contributed by atoms with Crippen LogP contribution in [0.25, 0.3) is 0 Å². The summed E-state index contributed by atoms with van der Waals surface area (Å²) in [5, 5.41) is 0. The van der Waals surface area contributed by atoms with Crippen LogP contribution < -0.4 is 4.90 Å². The van der Waals surface area contributed by atoms with E-state index in [1.165, 1.54) is 17.5 Å². The molecule has 1 heterocycles. The van der Waals surface area contributed by atoms with Crippen molar-refractivity contribution in [1.82, 2.24) is 0 Å². The number of morpholine rings is 1. The molecule has 0 atom stereocenters. The van der Waals surface area contributed by atoms with Gasteiger partial charge in [-0.3, -0.25) is 0 Å². The first-order valence-corrected chi connectivity index (χ1v) is 5.82. The van der Waals surface area contributed by atoms with Crippen LogP contribution in [0.2, 0.25) is 0 Å². The number of ether oxygens (including phenoxy) is 1. The number of hydrogen-bond acceptors (Lipinski definition) is 4. The van der Waals surface area contributed by atoms with Crippen molar-refractivity contribution in [2.45, 2.75) is 19.3 Å². The van der Waals surface area contributed by atoms with Crippen molar-refractivity contribution in [2.75, 3.05) is 18.0 Å². The molecule has 1 aliphatic carbocycles. The maximum atomic E-state index is 11.2. The number of fused-ring (bicyclic) bond motifs is 1. The number of esters is 2. The third kappa shape index (κ3) is 1.90. The van der Waals surface area contributed by atoms with Gasteiger partial charge in [-0.2, -0.15) is 0 Å². The first kappa shape index (κ1) is 10.3. The number of aryl methyl sites for hydroxylation is 2. The van der Waals surface area contributed by atoms with Gasteiger partial charge in [-0.25, -0.2) is 9.59 Å². The Morgan fingerprint density at radius 2 is 1.71 bits per heavy atom. The molecule has 1 aromatic rings. The van der Waals surface area contributed by atoms with E-state index in [4.69, 9.17) is 0 Å². The number of rotatable bonds is 1. The maximum absolute atomic E-state index is 11.2. The highest BCUT2D eigenvalue weighted by molar-refractivity contribution is 5.94. The number of carbonyl (C=O) groups is 2. The van der Waals surface area contributed by atoms with Gasteiger partial charge in [0.25, 0.3) is 0 Å². The lowest BCUT2D eigenvalue weighted by Crippen LogP contribution is -2.43. The van der Waals surface area contributed by atoms with Crippen LogP contribution in [-0.2, 0) is 27.2 Å². The van der Waals surface area contributed by atoms with Crippen molar-refractivity contribution in [3.8, 4) is 0 Å². The molecule has 0 saturated carbocycles. The highest BCUT2D eigenvalue weighted by Gasteiger charge is 2.25. The van der Waals surface area contributed by atoms with Crippen LogP contribution in [0.1, 0.15) is 17.5 Å². The van der Waals surface area contributed by atoms with Gasteiger partial charge in [0.15, 0.2) is 0 Å². The molecular formula is C13H13NO3. The highest BCUT2D eigenvalue weighted by atomic mass is 16.6. The van der Waals surface area contributed by atoms with Crippen LogP contribution in [0.3, 0.4) is 0 Å². The van der Waals surface area contributed by atoms with Crippen molar-refractivity contribution in [3.05, 3.63) is 29.3 Å². The molecule has 0 aromatic heterocycles. The Labute approximate surface area is 99.2 Å². The predicted molar refractivity (Wildman–Crippen MR) is 61.8 cm³/mol. The van der Waals surface area contributed by atoms with Crippen molar-refractivity contribution in [1.29, 1.82) is 0 Å². The molecule has 0 unspecified atom stereocenters. The van der Waals surface area contributed by atoms with Crippen LogP contribution in [-0.4, -0.2) is 25.0 Å². The third-order valence-corrected chi connectivity index (χ3v) is 3.31. The first-order valence-electron chi connectivity index (χ1n) is 5.82. The molecule has 0 radical (unpaired) electrons. The van der Waals surface area contributed by atoms with Crippen molar-refractivity contribution >= 4 is 17.6 Å². The van der Waals surface area contributed by atoms with Gasteiger partial charge in [-0.05, 0) is 42.5 Å². The molecular weight excluding hydrogens is 218 g/mol. The Morgan fingerprint density at radius 1 is 1.00 bits per heavy atom. The minimum Gasteiger partial charge on any atom is -0.390 e. The fraction of sp³-hybridized carbons (Fsp3) is 0.385. The van der Waals surface area contributed by atoms with E-state index in [2.05, 4.69) is 16.9 Å². The second-order valence-electron chi connectivity index (χ2n) is 4.51. The summed E-state index contributed by atoms with van der Waals surface area (Å²) >= 11 is 0. The van der Waals surface area contributed by atoms with E-state index in [9.17, 15) is 9.59 Å². The highest BCUT2D eigenvalue weighted by Crippen LogP contribution is 2.27. The van der Waals surface area contributed by atoms with Gasteiger partial charge < -0.3 is 9.64 Å². The van der Waals surface area contributed by atoms with Crippen molar-refractivity contribution < 1.29 is 14.3 Å². The van der Waals surface area contributed by atoms with E-state index in [1.54, 1.807) is 4.90 Å². The molecule has 17 heavy (non-hydrogen) atoms. The average molecular weight is 231 g/mol. The zero-order chi connectivity index (χ0) is 11.8. The Hall–Kier alpha value is -1.84. The van der Waals surface area contributed by atoms with E-state index in [1.807, 2.05) is 6.07 Å². The normalized spacial score (nSPS) is 19.2. The number of anilines is 1. The summed E-state index contributed by atoms with van der Waals surface area (Å²) in [6, 6.07) is 6.17. The Bertz CT molecular complexity index is 479. The van der Waals surface area contributed by atoms with Gasteiger partial charge >= 0.3 is 11.9 Å². The number of benzene rings is 1. The van der Waals surface area contributed by atoms with Gasteiger partial charge in [-0.15, -0.1) is 0 Å². The number of cyclic esters (lactones) is 2. The van der Waals surface area contributed by atoms with Crippen LogP contribution in [0.15, 0.2) is 18.2 Å². The molecule has 1 saturated heterocycles. The van der Waals surface area contributed by atoms with E-state index in [0.717, 1.165) is 18.5 Å². The Balaban J connectivity index is 1.88. The fourth-order valence-electron chi connectivity index (χ4n) is 2.50. The predicted octanol–water partition coefficient (Wildman–Crippen LogP) is 1.07. The van der Waals surface area contributed by atoms with E-state index >= 15 is 0 Å². The molecule has 1 fully saturated rings. The topological polar surface area (TPSA) is 46.6 Å². The molecule has 0 amide bonds. The second kappa shape index (κ2) is 3.87. The smallest absolute Gasteiger partial charge is 0.333 e. The van der Waals surface area contributed by atoms with Crippen LogP contribution in [0, 0.1) is 0 Å². The molecule has 4 nitrogen and oxygen atoms in total. The standard InChI is InChI=1S/C13H13NO3/c15-12-7-14(8-13(16)17-12)11-5-4-9-2-1-3-10(9)6-11/h4-6H,1-3,7-8H2. The van der Waals surface area contributed by atoms with Crippen LogP contribution in [0.5, 0.6) is 0 Å². The molecule has 0 N–H and O–H groups in total. The van der Waals surface area contributed by atoms with Gasteiger partial charge in [-0.1, -0.05) is 6.07 Å². The number of nitrogens with zero attached hydrogens (tertiary/aromatic N) is 1. The third-order valence-electron chi connectivity index (χ3n) is 3.31. The molecule has 2 aliphatic rings. The van der Waals surface area contributed by atoms with E-state index in [-0.39, 0.29) is 13.1 Å². The summed E-state index contributed by atoms with van der Waals surface area (Å²) in [5.41, 5.74) is 3.67. The lowest BCUT2D eigenvalue weighted by molar-refractivity contribution is -0.160. The number of carbonyl (C=O) groups excluding carboxylic acids is 2. The van der Waals surface area contributed by atoms with E-state index in [0.29, 0.717) is 0 Å². The summed E-state index contributed by atoms with van der Waals surface area (Å²) in [7, 11) is 0. The van der Waals surface area contributed by atoms with Crippen LogP contribution >= 0.6 is 0 Å². The van der Waals surface area contributed by atoms with Gasteiger partial charge in [0.2, 0.25) is 0 Å². The summed E-state index contributed by atoms with van der Waals surface area (Å²) in [4.78, 5) is 24.2. The average Bonchev–Trinajstić information content (AvgIpc) is 2.74. The zero-order valence-corrected chi connectivity index (χ0v) is 9.44. The maximum Gasteiger partial charge on any atom is 0.333 e. The fourth-order valence-corrected chi connectivity index (χ4v) is 2.50. The number of hydrogen-bond donors (Lipinski definition) is 0. The molecule has 4 heteroatoms. The van der Waals surface area contributed by atoms with Crippen molar-refractivity contribution in [2.24, 2.45) is 0 Å². The molecule has 0 spiro atoms. The molecule has 3 rings (SSSR count). The molecule has 1 aromatic carbocycles. The molecule has 1 aliphatic heterocycles. The van der Waals surface area contributed by atoms with Crippen LogP contribution in [0.4, 0.5) is 5.69 Å². The monoisotopic (exact) mass is 231 g/mol. The lowest BCUT2D eigenvalue weighted by Gasteiger charge is -2.26. The summed E-state index contributed by atoms with van der Waals surface area (Å²) < 4.78 is 4.51. The summed E-state index contributed by atoms with van der Waals surface area (Å²) in [6.07, 6.45) is 3.42. The second-order valence-corrected chi connectivity index (χ2v) is 4.51. The van der Waals surface area contributed by atoms with Gasteiger partial charge in [0.05, 0.1) is 0 Å². The minimum absolute atomic E-state index is 0.157. The largest absolute Gasteiger partial charge is 0.390 e. The first-order chi connectivity index (χ1) is 8.22. The SMILES string of the molecule is O=C1CN(c2ccc3c(c2)CCC3)CC(=O)O1. The summed E-state index contributed by atoms with van der Waals surface area (Å²) in [6.45, 7) is 0.315. The molecule has 0 bridgehead atoms. The Morgan fingerprint density at radius 3 is 2.47 bits per heavy atom. The van der Waals surface area contributed by atoms with Crippen molar-refractivity contribution in [3.63, 3.8) is 0 Å². The zero-order valence-electron chi connectivity index (χ0n) is 9.44. The molecule has 88 valence electrons. The summed E-state index contributed by atoms with van der Waals surface area (Å²) in [5.74, 6) is -0.941. The Kier molecular flexibility index (Phi) is 2.35. The van der Waals surface area contributed by atoms with Gasteiger partial charge in [0, 0.05) is 5.69 Å². The van der Waals surface area contributed by atoms with E-state index < -0.39 is 11.9 Å². The quantitative estimate of drug-likeness (QED) is 0.535. The minimum atomic E-state index is -0.471.